The first-order valence-corrected chi connectivity index (χ1v) is 6.85. The van der Waals surface area contributed by atoms with Gasteiger partial charge in [0, 0.05) is 18.4 Å². The Kier molecular flexibility index (Phi) is 6.74. The SMILES string of the molecule is CC(C)C(=O)[C@@H](C)[C@H](O)CCOCc1ccccc1. The molecule has 1 rings (SSSR count). The molecule has 3 nitrogen and oxygen atoms in total. The molecule has 1 aromatic rings. The topological polar surface area (TPSA) is 46.5 Å². The standard InChI is InChI=1S/C16H24O3/c1-12(2)16(18)13(3)15(17)9-10-19-11-14-7-5-4-6-8-14/h4-8,12-13,15,17H,9-11H2,1-3H3/t13-,15+/m0/s1. The van der Waals surface area contributed by atoms with Crippen LogP contribution in [0.25, 0.3) is 0 Å². The average Bonchev–Trinajstić information content (AvgIpc) is 2.42. The number of ketones is 1. The molecule has 0 spiro atoms. The maximum Gasteiger partial charge on any atom is 0.140 e. The van der Waals surface area contributed by atoms with E-state index in [1.54, 1.807) is 6.92 Å². The van der Waals surface area contributed by atoms with E-state index < -0.39 is 6.10 Å². The molecule has 106 valence electrons. The smallest absolute Gasteiger partial charge is 0.140 e. The van der Waals surface area contributed by atoms with Gasteiger partial charge in [-0.3, -0.25) is 4.79 Å². The first-order chi connectivity index (χ1) is 9.02. The molecule has 0 saturated carbocycles. The number of carbonyl (C=O) groups is 1. The largest absolute Gasteiger partial charge is 0.392 e. The fraction of sp³-hybridized carbons (Fsp3) is 0.562. The Balaban J connectivity index is 2.24. The van der Waals surface area contributed by atoms with Gasteiger partial charge in [-0.25, -0.2) is 0 Å². The van der Waals surface area contributed by atoms with E-state index in [0.717, 1.165) is 5.56 Å². The molecule has 2 atom stereocenters. The number of hydrogen-bond acceptors (Lipinski definition) is 3. The summed E-state index contributed by atoms with van der Waals surface area (Å²) in [6.45, 7) is 6.50. The summed E-state index contributed by atoms with van der Waals surface area (Å²) in [5.74, 6) is -0.245. The van der Waals surface area contributed by atoms with Crippen LogP contribution >= 0.6 is 0 Å². The molecule has 0 amide bonds. The van der Waals surface area contributed by atoms with Crippen LogP contribution in [0.2, 0.25) is 0 Å². The lowest BCUT2D eigenvalue weighted by Crippen LogP contribution is -2.29. The fourth-order valence-corrected chi connectivity index (χ4v) is 1.93. The van der Waals surface area contributed by atoms with E-state index in [1.165, 1.54) is 0 Å². The molecule has 0 heterocycles. The van der Waals surface area contributed by atoms with Gasteiger partial charge in [-0.2, -0.15) is 0 Å². The zero-order chi connectivity index (χ0) is 14.3. The van der Waals surface area contributed by atoms with Crippen LogP contribution in [0.15, 0.2) is 30.3 Å². The van der Waals surface area contributed by atoms with Gasteiger partial charge in [0.1, 0.15) is 5.78 Å². The van der Waals surface area contributed by atoms with Crippen LogP contribution in [-0.4, -0.2) is 23.6 Å². The van der Waals surface area contributed by atoms with E-state index in [0.29, 0.717) is 19.6 Å². The minimum Gasteiger partial charge on any atom is -0.392 e. The van der Waals surface area contributed by atoms with Crippen LogP contribution < -0.4 is 0 Å². The lowest BCUT2D eigenvalue weighted by Gasteiger charge is -2.19. The van der Waals surface area contributed by atoms with Crippen molar-refractivity contribution in [3.8, 4) is 0 Å². The van der Waals surface area contributed by atoms with Crippen LogP contribution in [0, 0.1) is 11.8 Å². The molecular formula is C16H24O3. The highest BCUT2D eigenvalue weighted by Gasteiger charge is 2.23. The summed E-state index contributed by atoms with van der Waals surface area (Å²) in [6, 6.07) is 9.91. The number of hydrogen-bond donors (Lipinski definition) is 1. The summed E-state index contributed by atoms with van der Waals surface area (Å²) in [5, 5.41) is 9.93. The molecule has 3 heteroatoms. The quantitative estimate of drug-likeness (QED) is 0.734. The van der Waals surface area contributed by atoms with Crippen molar-refractivity contribution in [2.24, 2.45) is 11.8 Å². The van der Waals surface area contributed by atoms with E-state index in [-0.39, 0.29) is 17.6 Å². The highest BCUT2D eigenvalue weighted by atomic mass is 16.5. The molecule has 1 aromatic carbocycles. The van der Waals surface area contributed by atoms with Gasteiger partial charge in [0.15, 0.2) is 0 Å². The van der Waals surface area contributed by atoms with Crippen LogP contribution in [0.1, 0.15) is 32.8 Å². The third kappa shape index (κ3) is 5.53. The minimum absolute atomic E-state index is 0.0325. The normalized spacial score (nSPS) is 14.4. The molecule has 1 N–H and O–H groups in total. The van der Waals surface area contributed by atoms with Crippen molar-refractivity contribution in [3.63, 3.8) is 0 Å². The van der Waals surface area contributed by atoms with Gasteiger partial charge < -0.3 is 9.84 Å². The van der Waals surface area contributed by atoms with Crippen LogP contribution in [-0.2, 0) is 16.1 Å². The summed E-state index contributed by atoms with van der Waals surface area (Å²) in [5.41, 5.74) is 1.11. The van der Waals surface area contributed by atoms with Gasteiger partial charge in [0.25, 0.3) is 0 Å². The second-order valence-electron chi connectivity index (χ2n) is 5.24. The second kappa shape index (κ2) is 8.08. The molecule has 0 saturated heterocycles. The van der Waals surface area contributed by atoms with Crippen molar-refractivity contribution in [2.75, 3.05) is 6.61 Å². The predicted molar refractivity (Wildman–Crippen MR) is 75.7 cm³/mol. The maximum absolute atomic E-state index is 11.7. The first kappa shape index (κ1) is 15.9. The number of ether oxygens (including phenoxy) is 1. The first-order valence-electron chi connectivity index (χ1n) is 6.85. The highest BCUT2D eigenvalue weighted by Crippen LogP contribution is 2.14. The van der Waals surface area contributed by atoms with E-state index in [2.05, 4.69) is 0 Å². The van der Waals surface area contributed by atoms with Crippen LogP contribution in [0.5, 0.6) is 0 Å². The Labute approximate surface area is 115 Å². The Morgan fingerprint density at radius 1 is 1.21 bits per heavy atom. The molecule has 0 aliphatic carbocycles. The number of aliphatic hydroxyl groups is 1. The number of carbonyl (C=O) groups excluding carboxylic acids is 1. The van der Waals surface area contributed by atoms with E-state index in [1.807, 2.05) is 44.2 Å². The molecule has 19 heavy (non-hydrogen) atoms. The summed E-state index contributed by atoms with van der Waals surface area (Å²) in [7, 11) is 0. The van der Waals surface area contributed by atoms with Crippen molar-refractivity contribution < 1.29 is 14.6 Å². The zero-order valence-corrected chi connectivity index (χ0v) is 12.0. The lowest BCUT2D eigenvalue weighted by molar-refractivity contribution is -0.129. The Bertz CT molecular complexity index is 373. The number of rotatable bonds is 8. The molecule has 0 aliphatic rings. The predicted octanol–water partition coefficient (Wildman–Crippen LogP) is 2.82. The highest BCUT2D eigenvalue weighted by molar-refractivity contribution is 5.82. The van der Waals surface area contributed by atoms with E-state index >= 15 is 0 Å². The van der Waals surface area contributed by atoms with Crippen molar-refractivity contribution in [1.29, 1.82) is 0 Å². The second-order valence-corrected chi connectivity index (χ2v) is 5.24. The monoisotopic (exact) mass is 264 g/mol. The summed E-state index contributed by atoms with van der Waals surface area (Å²) >= 11 is 0. The summed E-state index contributed by atoms with van der Waals surface area (Å²) in [4.78, 5) is 11.7. The Morgan fingerprint density at radius 2 is 1.84 bits per heavy atom. The fourth-order valence-electron chi connectivity index (χ4n) is 1.93. The number of benzene rings is 1. The molecule has 0 radical (unpaired) electrons. The maximum atomic E-state index is 11.7. The van der Waals surface area contributed by atoms with Gasteiger partial charge >= 0.3 is 0 Å². The van der Waals surface area contributed by atoms with Crippen molar-refractivity contribution in [2.45, 2.75) is 39.9 Å². The molecule has 0 fully saturated rings. The van der Waals surface area contributed by atoms with Gasteiger partial charge in [0.05, 0.1) is 12.7 Å². The minimum atomic E-state index is -0.620. The summed E-state index contributed by atoms with van der Waals surface area (Å²) in [6.07, 6.45) is -0.127. The van der Waals surface area contributed by atoms with Crippen molar-refractivity contribution in [1.82, 2.24) is 0 Å². The third-order valence-electron chi connectivity index (χ3n) is 3.26. The molecule has 0 unspecified atom stereocenters. The average molecular weight is 264 g/mol. The van der Waals surface area contributed by atoms with Gasteiger partial charge in [0.2, 0.25) is 0 Å². The molecule has 0 aliphatic heterocycles. The van der Waals surface area contributed by atoms with Gasteiger partial charge in [-0.1, -0.05) is 51.1 Å². The molecule has 0 aromatic heterocycles. The third-order valence-corrected chi connectivity index (χ3v) is 3.26. The van der Waals surface area contributed by atoms with E-state index in [4.69, 9.17) is 4.74 Å². The zero-order valence-electron chi connectivity index (χ0n) is 12.0. The van der Waals surface area contributed by atoms with Crippen LogP contribution in [0.4, 0.5) is 0 Å². The Hall–Kier alpha value is -1.19. The number of Topliss-reactive ketones (excluding diaryl/α,β-unsaturated/α-hetero) is 1. The van der Waals surface area contributed by atoms with Crippen LogP contribution in [0.3, 0.4) is 0 Å². The van der Waals surface area contributed by atoms with Crippen molar-refractivity contribution in [3.05, 3.63) is 35.9 Å². The van der Waals surface area contributed by atoms with Crippen molar-refractivity contribution >= 4 is 5.78 Å². The number of aliphatic hydroxyl groups excluding tert-OH is 1. The molecule has 0 bridgehead atoms. The lowest BCUT2D eigenvalue weighted by atomic mass is 9.91. The Morgan fingerprint density at radius 3 is 2.42 bits per heavy atom. The van der Waals surface area contributed by atoms with E-state index in [9.17, 15) is 9.90 Å². The van der Waals surface area contributed by atoms with Gasteiger partial charge in [-0.15, -0.1) is 0 Å². The molecular weight excluding hydrogens is 240 g/mol. The van der Waals surface area contributed by atoms with Gasteiger partial charge in [-0.05, 0) is 12.0 Å². The summed E-state index contributed by atoms with van der Waals surface area (Å²) < 4.78 is 5.51.